The summed E-state index contributed by atoms with van der Waals surface area (Å²) in [5, 5.41) is 4.00. The van der Waals surface area contributed by atoms with Crippen LogP contribution in [0.15, 0.2) is 29.1 Å². The lowest BCUT2D eigenvalue weighted by Crippen LogP contribution is -2.52. The Balaban J connectivity index is 1.89. The molecule has 2 N–H and O–H groups in total. The van der Waals surface area contributed by atoms with E-state index >= 15 is 0 Å². The van der Waals surface area contributed by atoms with Gasteiger partial charge >= 0.3 is 0 Å². The number of rotatable bonds is 2. The molecule has 1 amide bonds. The highest BCUT2D eigenvalue weighted by molar-refractivity contribution is 6.31. The van der Waals surface area contributed by atoms with Crippen LogP contribution in [0.2, 0.25) is 5.02 Å². The fraction of sp³-hybridized carbons (Fsp3) is 0.333. The van der Waals surface area contributed by atoms with E-state index in [1.165, 1.54) is 0 Å². The Morgan fingerprint density at radius 2 is 2.14 bits per heavy atom. The van der Waals surface area contributed by atoms with Crippen LogP contribution in [0.4, 0.5) is 0 Å². The lowest BCUT2D eigenvalue weighted by atomic mass is 10.1. The maximum absolute atomic E-state index is 12.1. The van der Waals surface area contributed by atoms with Crippen LogP contribution < -0.4 is 10.7 Å². The van der Waals surface area contributed by atoms with E-state index in [1.807, 2.05) is 11.8 Å². The van der Waals surface area contributed by atoms with Crippen LogP contribution in [-0.2, 0) is 11.3 Å². The minimum absolute atomic E-state index is 0.0173. The van der Waals surface area contributed by atoms with Gasteiger partial charge in [0.15, 0.2) is 5.43 Å². The van der Waals surface area contributed by atoms with E-state index in [0.717, 1.165) is 17.8 Å². The van der Waals surface area contributed by atoms with Crippen LogP contribution in [0.5, 0.6) is 0 Å². The topological polar surface area (TPSA) is 65.2 Å². The molecule has 1 aliphatic heterocycles. The Kier molecular flexibility index (Phi) is 3.69. The number of aromatic amines is 1. The molecule has 0 unspecified atom stereocenters. The van der Waals surface area contributed by atoms with E-state index in [2.05, 4.69) is 10.3 Å². The minimum Gasteiger partial charge on any atom is -0.357 e. The first-order valence-electron chi connectivity index (χ1n) is 6.84. The summed E-state index contributed by atoms with van der Waals surface area (Å²) in [6.45, 7) is 3.64. The molecule has 0 saturated carbocycles. The number of carbonyl (C=O) groups is 1. The van der Waals surface area contributed by atoms with Gasteiger partial charge in [-0.25, -0.2) is 0 Å². The molecule has 3 rings (SSSR count). The Morgan fingerprint density at radius 3 is 2.90 bits per heavy atom. The molecule has 0 radical (unpaired) electrons. The second-order valence-electron chi connectivity index (χ2n) is 5.49. The van der Waals surface area contributed by atoms with Crippen LogP contribution in [0, 0.1) is 0 Å². The molecule has 2 heterocycles. The van der Waals surface area contributed by atoms with Gasteiger partial charge in [-0.15, -0.1) is 0 Å². The summed E-state index contributed by atoms with van der Waals surface area (Å²) in [6.07, 6.45) is 0. The molecule has 0 bridgehead atoms. The van der Waals surface area contributed by atoms with Gasteiger partial charge in [-0.3, -0.25) is 14.5 Å². The number of amides is 1. The Hall–Kier alpha value is -1.85. The van der Waals surface area contributed by atoms with Gasteiger partial charge in [-0.05, 0) is 25.1 Å². The molecule has 21 heavy (non-hydrogen) atoms. The molecule has 1 aromatic heterocycles. The first kappa shape index (κ1) is 14.1. The number of fused-ring (bicyclic) bond motifs is 1. The van der Waals surface area contributed by atoms with Crippen molar-refractivity contribution in [3.8, 4) is 0 Å². The number of hydrogen-bond donors (Lipinski definition) is 2. The Bertz CT molecular complexity index is 756. The van der Waals surface area contributed by atoms with Gasteiger partial charge in [0.1, 0.15) is 0 Å². The molecule has 1 aliphatic rings. The quantitative estimate of drug-likeness (QED) is 0.884. The SMILES string of the molecule is C[C@@H]1CN(Cc2cc(=O)c3cc(Cl)ccc3[nH]2)CC(=O)N1. The van der Waals surface area contributed by atoms with E-state index in [9.17, 15) is 9.59 Å². The van der Waals surface area contributed by atoms with Crippen molar-refractivity contribution >= 4 is 28.4 Å². The zero-order valence-corrected chi connectivity index (χ0v) is 12.4. The fourth-order valence-corrected chi connectivity index (χ4v) is 2.91. The number of nitrogens with zero attached hydrogens (tertiary/aromatic N) is 1. The summed E-state index contributed by atoms with van der Waals surface area (Å²) < 4.78 is 0. The number of carbonyl (C=O) groups excluding carboxylic acids is 1. The molecule has 6 heteroatoms. The lowest BCUT2D eigenvalue weighted by molar-refractivity contribution is -0.125. The monoisotopic (exact) mass is 305 g/mol. The minimum atomic E-state index is -0.0595. The summed E-state index contributed by atoms with van der Waals surface area (Å²) in [5.41, 5.74) is 1.50. The summed E-state index contributed by atoms with van der Waals surface area (Å²) in [6, 6.07) is 6.91. The van der Waals surface area contributed by atoms with Crippen molar-refractivity contribution < 1.29 is 4.79 Å². The second-order valence-corrected chi connectivity index (χ2v) is 5.92. The van der Waals surface area contributed by atoms with E-state index in [0.29, 0.717) is 23.5 Å². The molecule has 2 aromatic rings. The summed E-state index contributed by atoms with van der Waals surface area (Å²) in [4.78, 5) is 29.0. The predicted molar refractivity (Wildman–Crippen MR) is 82.5 cm³/mol. The Morgan fingerprint density at radius 1 is 1.33 bits per heavy atom. The molecular weight excluding hydrogens is 290 g/mol. The smallest absolute Gasteiger partial charge is 0.234 e. The maximum Gasteiger partial charge on any atom is 0.234 e. The second kappa shape index (κ2) is 5.50. The zero-order valence-electron chi connectivity index (χ0n) is 11.6. The molecule has 0 spiro atoms. The summed E-state index contributed by atoms with van der Waals surface area (Å²) in [5.74, 6) is 0.0173. The van der Waals surface area contributed by atoms with E-state index < -0.39 is 0 Å². The van der Waals surface area contributed by atoms with Crippen molar-refractivity contribution in [3.05, 3.63) is 45.2 Å². The number of piperazine rings is 1. The summed E-state index contributed by atoms with van der Waals surface area (Å²) in [7, 11) is 0. The van der Waals surface area contributed by atoms with Crippen LogP contribution in [0.25, 0.3) is 10.9 Å². The third-order valence-electron chi connectivity index (χ3n) is 3.55. The fourth-order valence-electron chi connectivity index (χ4n) is 2.74. The number of benzene rings is 1. The van der Waals surface area contributed by atoms with Gasteiger partial charge in [0.2, 0.25) is 5.91 Å². The first-order chi connectivity index (χ1) is 10.0. The highest BCUT2D eigenvalue weighted by atomic mass is 35.5. The number of H-pyrrole nitrogens is 1. The van der Waals surface area contributed by atoms with Crippen LogP contribution in [0.1, 0.15) is 12.6 Å². The zero-order chi connectivity index (χ0) is 15.0. The molecule has 0 aliphatic carbocycles. The van der Waals surface area contributed by atoms with E-state index in [4.69, 9.17) is 11.6 Å². The maximum atomic E-state index is 12.1. The van der Waals surface area contributed by atoms with Gasteiger partial charge in [0.05, 0.1) is 6.54 Å². The molecular formula is C15H16ClN3O2. The van der Waals surface area contributed by atoms with Gasteiger partial charge in [-0.1, -0.05) is 11.6 Å². The standard InChI is InChI=1S/C15H16ClN3O2/c1-9-6-19(8-15(21)17-9)7-11-5-14(20)12-4-10(16)2-3-13(12)18-11/h2-5,9H,6-8H2,1H3,(H,17,21)(H,18,20)/t9-/m1/s1. The van der Waals surface area contributed by atoms with Crippen molar-refractivity contribution in [1.29, 1.82) is 0 Å². The Labute approximate surface area is 126 Å². The van der Waals surface area contributed by atoms with Crippen LogP contribution >= 0.6 is 11.6 Å². The predicted octanol–water partition coefficient (Wildman–Crippen LogP) is 1.50. The number of nitrogens with one attached hydrogen (secondary N) is 2. The summed E-state index contributed by atoms with van der Waals surface area (Å²) >= 11 is 5.91. The highest BCUT2D eigenvalue weighted by Crippen LogP contribution is 2.16. The van der Waals surface area contributed by atoms with E-state index in [1.54, 1.807) is 24.3 Å². The molecule has 1 fully saturated rings. The van der Waals surface area contributed by atoms with Gasteiger partial charge in [0, 0.05) is 46.8 Å². The highest BCUT2D eigenvalue weighted by Gasteiger charge is 2.21. The van der Waals surface area contributed by atoms with Gasteiger partial charge in [-0.2, -0.15) is 0 Å². The third kappa shape index (κ3) is 3.09. The molecule has 1 saturated heterocycles. The number of hydrogen-bond acceptors (Lipinski definition) is 3. The van der Waals surface area contributed by atoms with Crippen molar-refractivity contribution in [2.75, 3.05) is 13.1 Å². The number of pyridine rings is 1. The molecule has 110 valence electrons. The van der Waals surface area contributed by atoms with Crippen molar-refractivity contribution in [2.24, 2.45) is 0 Å². The first-order valence-corrected chi connectivity index (χ1v) is 7.22. The van der Waals surface area contributed by atoms with Crippen molar-refractivity contribution in [1.82, 2.24) is 15.2 Å². The lowest BCUT2D eigenvalue weighted by Gasteiger charge is -2.30. The van der Waals surface area contributed by atoms with Gasteiger partial charge < -0.3 is 10.3 Å². The largest absolute Gasteiger partial charge is 0.357 e. The third-order valence-corrected chi connectivity index (χ3v) is 3.78. The normalized spacial score (nSPS) is 19.7. The number of aromatic nitrogens is 1. The van der Waals surface area contributed by atoms with Crippen molar-refractivity contribution in [3.63, 3.8) is 0 Å². The number of halogens is 1. The van der Waals surface area contributed by atoms with Gasteiger partial charge in [0.25, 0.3) is 0 Å². The van der Waals surface area contributed by atoms with Crippen LogP contribution in [0.3, 0.4) is 0 Å². The molecule has 1 aromatic carbocycles. The van der Waals surface area contributed by atoms with Crippen molar-refractivity contribution in [2.45, 2.75) is 19.5 Å². The molecule has 1 atom stereocenters. The average molecular weight is 306 g/mol. The average Bonchev–Trinajstić information content (AvgIpc) is 2.38. The molecule has 5 nitrogen and oxygen atoms in total. The van der Waals surface area contributed by atoms with Crippen LogP contribution in [-0.4, -0.2) is 34.9 Å². The van der Waals surface area contributed by atoms with E-state index in [-0.39, 0.29) is 17.4 Å².